The highest BCUT2D eigenvalue weighted by atomic mass is 15.2. The Morgan fingerprint density at radius 1 is 0.708 bits per heavy atom. The van der Waals surface area contributed by atoms with Gasteiger partial charge in [0.2, 0.25) is 0 Å². The number of rotatable bonds is 16. The Morgan fingerprint density at radius 2 is 1.21 bits per heavy atom. The van der Waals surface area contributed by atoms with Crippen molar-refractivity contribution >= 4 is 5.82 Å². The molecule has 0 saturated heterocycles. The SMILES string of the molecule is CCCCCCCCCCCCCCCCN(C)c1ccccn1. The average molecular weight is 333 g/mol. The lowest BCUT2D eigenvalue weighted by atomic mass is 10.0. The molecule has 0 fully saturated rings. The zero-order chi connectivity index (χ0) is 17.3. The molecular formula is C22H40N2. The van der Waals surface area contributed by atoms with E-state index in [4.69, 9.17) is 0 Å². The number of anilines is 1. The van der Waals surface area contributed by atoms with E-state index >= 15 is 0 Å². The van der Waals surface area contributed by atoms with Crippen LogP contribution in [0.1, 0.15) is 96.8 Å². The largest absolute Gasteiger partial charge is 0.360 e. The minimum Gasteiger partial charge on any atom is -0.360 e. The first-order valence-electron chi connectivity index (χ1n) is 10.5. The van der Waals surface area contributed by atoms with Gasteiger partial charge in [-0.25, -0.2) is 4.98 Å². The molecule has 0 radical (unpaired) electrons. The van der Waals surface area contributed by atoms with Crippen molar-refractivity contribution in [1.29, 1.82) is 0 Å². The van der Waals surface area contributed by atoms with Crippen LogP contribution >= 0.6 is 0 Å². The molecule has 2 heteroatoms. The van der Waals surface area contributed by atoms with Crippen molar-refractivity contribution in [3.63, 3.8) is 0 Å². The number of hydrogen-bond acceptors (Lipinski definition) is 2. The molecule has 1 rings (SSSR count). The summed E-state index contributed by atoms with van der Waals surface area (Å²) >= 11 is 0. The van der Waals surface area contributed by atoms with Crippen LogP contribution in [0.15, 0.2) is 24.4 Å². The minimum absolute atomic E-state index is 1.09. The lowest BCUT2D eigenvalue weighted by Crippen LogP contribution is -2.19. The first kappa shape index (κ1) is 21.0. The van der Waals surface area contributed by atoms with E-state index in [1.165, 1.54) is 89.9 Å². The van der Waals surface area contributed by atoms with Crippen molar-refractivity contribution in [3.8, 4) is 0 Å². The summed E-state index contributed by atoms with van der Waals surface area (Å²) in [4.78, 5) is 6.65. The molecule has 2 nitrogen and oxygen atoms in total. The standard InChI is InChI=1S/C22H40N2/c1-3-4-5-6-7-8-9-10-11-12-13-14-15-18-21-24(2)22-19-16-17-20-23-22/h16-17,19-20H,3-15,18,21H2,1-2H3. The second-order valence-corrected chi connectivity index (χ2v) is 7.21. The van der Waals surface area contributed by atoms with Gasteiger partial charge in [-0.1, -0.05) is 96.5 Å². The normalized spacial score (nSPS) is 10.9. The lowest BCUT2D eigenvalue weighted by Gasteiger charge is -2.17. The van der Waals surface area contributed by atoms with Crippen molar-refractivity contribution in [2.45, 2.75) is 96.8 Å². The number of aromatic nitrogens is 1. The topological polar surface area (TPSA) is 16.1 Å². The summed E-state index contributed by atoms with van der Waals surface area (Å²) in [6.07, 6.45) is 21.7. The molecular weight excluding hydrogens is 292 g/mol. The Hall–Kier alpha value is -1.05. The monoisotopic (exact) mass is 332 g/mol. The van der Waals surface area contributed by atoms with Gasteiger partial charge >= 0.3 is 0 Å². The molecule has 0 aliphatic carbocycles. The van der Waals surface area contributed by atoms with Crippen LogP contribution in [0.5, 0.6) is 0 Å². The quantitative estimate of drug-likeness (QED) is 0.303. The van der Waals surface area contributed by atoms with E-state index in [1.54, 1.807) is 0 Å². The lowest BCUT2D eigenvalue weighted by molar-refractivity contribution is 0.535. The minimum atomic E-state index is 1.09. The van der Waals surface area contributed by atoms with E-state index in [-0.39, 0.29) is 0 Å². The second kappa shape index (κ2) is 15.5. The van der Waals surface area contributed by atoms with Crippen LogP contribution in [0.3, 0.4) is 0 Å². The third kappa shape index (κ3) is 11.5. The van der Waals surface area contributed by atoms with E-state index in [9.17, 15) is 0 Å². The zero-order valence-electron chi connectivity index (χ0n) is 16.3. The maximum absolute atomic E-state index is 4.39. The van der Waals surface area contributed by atoms with Gasteiger partial charge in [0.15, 0.2) is 0 Å². The molecule has 24 heavy (non-hydrogen) atoms. The van der Waals surface area contributed by atoms with E-state index < -0.39 is 0 Å². The average Bonchev–Trinajstić information content (AvgIpc) is 2.62. The molecule has 0 atom stereocenters. The molecule has 0 aliphatic rings. The van der Waals surface area contributed by atoms with Crippen LogP contribution < -0.4 is 4.90 Å². The van der Waals surface area contributed by atoms with Crippen molar-refractivity contribution in [1.82, 2.24) is 4.98 Å². The third-order valence-electron chi connectivity index (χ3n) is 4.89. The molecule has 0 saturated carbocycles. The van der Waals surface area contributed by atoms with Crippen LogP contribution in [0.2, 0.25) is 0 Å². The van der Waals surface area contributed by atoms with Crippen molar-refractivity contribution in [3.05, 3.63) is 24.4 Å². The molecule has 0 aliphatic heterocycles. The molecule has 138 valence electrons. The first-order chi connectivity index (χ1) is 11.8. The maximum Gasteiger partial charge on any atom is 0.128 e. The van der Waals surface area contributed by atoms with Crippen LogP contribution in [0.4, 0.5) is 5.82 Å². The smallest absolute Gasteiger partial charge is 0.128 e. The summed E-state index contributed by atoms with van der Waals surface area (Å²) in [7, 11) is 2.14. The first-order valence-corrected chi connectivity index (χ1v) is 10.5. The van der Waals surface area contributed by atoms with E-state index in [0.29, 0.717) is 0 Å². The van der Waals surface area contributed by atoms with E-state index in [2.05, 4.69) is 36.0 Å². The number of nitrogens with zero attached hydrogens (tertiary/aromatic N) is 2. The molecule has 0 N–H and O–H groups in total. The van der Waals surface area contributed by atoms with Crippen LogP contribution in [0.25, 0.3) is 0 Å². The number of unbranched alkanes of at least 4 members (excludes halogenated alkanes) is 13. The van der Waals surface area contributed by atoms with E-state index in [1.807, 2.05) is 12.3 Å². The van der Waals surface area contributed by atoms with Gasteiger partial charge in [-0.05, 0) is 18.6 Å². The molecule has 0 spiro atoms. The summed E-state index contributed by atoms with van der Waals surface area (Å²) < 4.78 is 0. The van der Waals surface area contributed by atoms with E-state index in [0.717, 1.165) is 12.4 Å². The number of hydrogen-bond donors (Lipinski definition) is 0. The molecule has 0 aromatic carbocycles. The summed E-state index contributed by atoms with van der Waals surface area (Å²) in [6.45, 7) is 3.41. The molecule has 0 bridgehead atoms. The van der Waals surface area contributed by atoms with Crippen molar-refractivity contribution < 1.29 is 0 Å². The highest BCUT2D eigenvalue weighted by Crippen LogP contribution is 2.13. The zero-order valence-corrected chi connectivity index (χ0v) is 16.3. The Labute approximate surface area is 151 Å². The van der Waals surface area contributed by atoms with Crippen LogP contribution in [-0.4, -0.2) is 18.6 Å². The van der Waals surface area contributed by atoms with Gasteiger partial charge < -0.3 is 4.90 Å². The molecule has 0 amide bonds. The summed E-state index contributed by atoms with van der Waals surface area (Å²) in [5, 5.41) is 0. The summed E-state index contributed by atoms with van der Waals surface area (Å²) in [6, 6.07) is 6.12. The molecule has 1 aromatic rings. The van der Waals surface area contributed by atoms with Crippen molar-refractivity contribution in [2.24, 2.45) is 0 Å². The molecule has 1 heterocycles. The fourth-order valence-corrected chi connectivity index (χ4v) is 3.24. The van der Waals surface area contributed by atoms with Crippen molar-refractivity contribution in [2.75, 3.05) is 18.5 Å². The fourth-order valence-electron chi connectivity index (χ4n) is 3.24. The highest BCUT2D eigenvalue weighted by molar-refractivity contribution is 5.35. The predicted molar refractivity (Wildman–Crippen MR) is 108 cm³/mol. The van der Waals surface area contributed by atoms with Gasteiger partial charge in [-0.15, -0.1) is 0 Å². The van der Waals surface area contributed by atoms with Gasteiger partial charge in [0, 0.05) is 19.8 Å². The van der Waals surface area contributed by atoms with Crippen LogP contribution in [-0.2, 0) is 0 Å². The Balaban J connectivity index is 1.79. The Morgan fingerprint density at radius 3 is 1.67 bits per heavy atom. The van der Waals surface area contributed by atoms with Gasteiger partial charge in [0.25, 0.3) is 0 Å². The Kier molecular flexibility index (Phi) is 13.5. The maximum atomic E-state index is 4.39. The molecule has 0 unspecified atom stereocenters. The van der Waals surface area contributed by atoms with Gasteiger partial charge in [0.05, 0.1) is 0 Å². The predicted octanol–water partition coefficient (Wildman–Crippen LogP) is 7.00. The van der Waals surface area contributed by atoms with Gasteiger partial charge in [-0.2, -0.15) is 0 Å². The third-order valence-corrected chi connectivity index (χ3v) is 4.89. The molecule has 1 aromatic heterocycles. The van der Waals surface area contributed by atoms with Gasteiger partial charge in [-0.3, -0.25) is 0 Å². The summed E-state index contributed by atoms with van der Waals surface area (Å²) in [5.41, 5.74) is 0. The summed E-state index contributed by atoms with van der Waals surface area (Å²) in [5.74, 6) is 1.09. The highest BCUT2D eigenvalue weighted by Gasteiger charge is 2.00. The number of pyridine rings is 1. The van der Waals surface area contributed by atoms with Crippen LogP contribution in [0, 0.1) is 0 Å². The van der Waals surface area contributed by atoms with Gasteiger partial charge in [0.1, 0.15) is 5.82 Å². The Bertz CT molecular complexity index is 363. The fraction of sp³-hybridized carbons (Fsp3) is 0.773. The second-order valence-electron chi connectivity index (χ2n) is 7.21.